The Morgan fingerprint density at radius 3 is 2.61 bits per heavy atom. The van der Waals surface area contributed by atoms with Gasteiger partial charge in [-0.05, 0) is 44.5 Å². The second kappa shape index (κ2) is 8.14. The third kappa shape index (κ3) is 3.96. The van der Waals surface area contributed by atoms with Crippen molar-refractivity contribution < 1.29 is 9.18 Å². The molecule has 2 aromatic heterocycles. The second-order valence-electron chi connectivity index (χ2n) is 7.52. The summed E-state index contributed by atoms with van der Waals surface area (Å²) in [5, 5.41) is 12.0. The van der Waals surface area contributed by atoms with E-state index in [-0.39, 0.29) is 12.4 Å². The molecule has 0 spiro atoms. The van der Waals surface area contributed by atoms with Crippen LogP contribution in [0.5, 0.6) is 0 Å². The maximum absolute atomic E-state index is 14.2. The van der Waals surface area contributed by atoms with Crippen LogP contribution >= 0.6 is 0 Å². The van der Waals surface area contributed by atoms with Crippen molar-refractivity contribution in [2.24, 2.45) is 0 Å². The third-order valence-corrected chi connectivity index (χ3v) is 5.16. The second-order valence-corrected chi connectivity index (χ2v) is 7.52. The van der Waals surface area contributed by atoms with Gasteiger partial charge >= 0.3 is 0 Å². The van der Waals surface area contributed by atoms with Gasteiger partial charge in [-0.25, -0.2) is 13.8 Å². The molecule has 1 amide bonds. The van der Waals surface area contributed by atoms with E-state index in [0.717, 1.165) is 15.9 Å². The SMILES string of the molecule is Cc1ccc([C@H](C)NC(=O)Cn2nc(C)c3cnn(-c4ccccc4)c3c2=O)c(F)c1. The summed E-state index contributed by atoms with van der Waals surface area (Å²) < 4.78 is 16.9. The molecule has 0 saturated carbocycles. The monoisotopic (exact) mass is 419 g/mol. The minimum absolute atomic E-state index is 0.284. The van der Waals surface area contributed by atoms with Crippen molar-refractivity contribution in [3.63, 3.8) is 0 Å². The van der Waals surface area contributed by atoms with Crippen LogP contribution in [0.25, 0.3) is 16.6 Å². The van der Waals surface area contributed by atoms with Gasteiger partial charge in [-0.3, -0.25) is 9.59 Å². The first kappa shape index (κ1) is 20.5. The predicted octanol–water partition coefficient (Wildman–Crippen LogP) is 3.22. The zero-order chi connectivity index (χ0) is 22.1. The number of amides is 1. The van der Waals surface area contributed by atoms with Gasteiger partial charge in [0, 0.05) is 10.9 Å². The molecule has 1 atom stereocenters. The average Bonchev–Trinajstić information content (AvgIpc) is 3.18. The Hall–Kier alpha value is -3.81. The van der Waals surface area contributed by atoms with Gasteiger partial charge in [0.15, 0.2) is 0 Å². The van der Waals surface area contributed by atoms with Crippen molar-refractivity contribution in [2.75, 3.05) is 0 Å². The summed E-state index contributed by atoms with van der Waals surface area (Å²) in [5.41, 5.74) is 2.43. The Kier molecular flexibility index (Phi) is 5.37. The molecule has 0 aliphatic carbocycles. The Labute approximate surface area is 178 Å². The lowest BCUT2D eigenvalue weighted by Crippen LogP contribution is -2.36. The first-order chi connectivity index (χ1) is 14.8. The normalized spacial score (nSPS) is 12.1. The number of carbonyl (C=O) groups is 1. The largest absolute Gasteiger partial charge is 0.348 e. The molecule has 8 heteroatoms. The first-order valence-corrected chi connectivity index (χ1v) is 9.91. The molecular weight excluding hydrogens is 397 g/mol. The summed E-state index contributed by atoms with van der Waals surface area (Å²) in [5.74, 6) is -0.821. The van der Waals surface area contributed by atoms with Crippen LogP contribution in [0, 0.1) is 19.7 Å². The van der Waals surface area contributed by atoms with Gasteiger partial charge in [0.2, 0.25) is 5.91 Å². The molecule has 4 rings (SSSR count). The Balaban J connectivity index is 1.63. The zero-order valence-electron chi connectivity index (χ0n) is 17.5. The fourth-order valence-corrected chi connectivity index (χ4v) is 3.58. The van der Waals surface area contributed by atoms with E-state index in [2.05, 4.69) is 15.5 Å². The highest BCUT2D eigenvalue weighted by atomic mass is 19.1. The van der Waals surface area contributed by atoms with E-state index in [4.69, 9.17) is 0 Å². The average molecular weight is 419 g/mol. The van der Waals surface area contributed by atoms with Crippen molar-refractivity contribution >= 4 is 16.8 Å². The molecule has 2 aromatic carbocycles. The smallest absolute Gasteiger partial charge is 0.293 e. The van der Waals surface area contributed by atoms with Crippen LogP contribution in [0.1, 0.15) is 29.8 Å². The molecule has 2 heterocycles. The molecule has 0 aliphatic heterocycles. The van der Waals surface area contributed by atoms with E-state index in [1.807, 2.05) is 30.3 Å². The van der Waals surface area contributed by atoms with E-state index >= 15 is 0 Å². The Morgan fingerprint density at radius 1 is 1.16 bits per heavy atom. The number of rotatable bonds is 5. The van der Waals surface area contributed by atoms with Crippen molar-refractivity contribution in [3.8, 4) is 5.69 Å². The number of hydrogen-bond acceptors (Lipinski definition) is 4. The van der Waals surface area contributed by atoms with Gasteiger partial charge in [0.05, 0.1) is 23.6 Å². The van der Waals surface area contributed by atoms with E-state index in [1.165, 1.54) is 6.07 Å². The maximum atomic E-state index is 14.2. The molecule has 4 aromatic rings. The molecule has 0 bridgehead atoms. The van der Waals surface area contributed by atoms with Gasteiger partial charge in [0.25, 0.3) is 5.56 Å². The summed E-state index contributed by atoms with van der Waals surface area (Å²) in [6, 6.07) is 13.6. The standard InChI is InChI=1S/C23H22FN5O2/c1-14-9-10-18(20(24)11-14)15(2)26-21(30)13-28-23(31)22-19(16(3)27-28)12-25-29(22)17-7-5-4-6-8-17/h4-12,15H,13H2,1-3H3,(H,26,30)/t15-/m0/s1. The van der Waals surface area contributed by atoms with Crippen LogP contribution in [0.2, 0.25) is 0 Å². The van der Waals surface area contributed by atoms with Gasteiger partial charge in [0.1, 0.15) is 17.9 Å². The number of halogens is 1. The van der Waals surface area contributed by atoms with Crippen LogP contribution in [-0.2, 0) is 11.3 Å². The lowest BCUT2D eigenvalue weighted by atomic mass is 10.1. The molecule has 0 unspecified atom stereocenters. The lowest BCUT2D eigenvalue weighted by molar-refractivity contribution is -0.122. The predicted molar refractivity (Wildman–Crippen MR) is 116 cm³/mol. The van der Waals surface area contributed by atoms with Crippen molar-refractivity contribution in [2.45, 2.75) is 33.4 Å². The highest BCUT2D eigenvalue weighted by molar-refractivity contribution is 5.82. The molecule has 0 radical (unpaired) electrons. The Morgan fingerprint density at radius 2 is 1.90 bits per heavy atom. The molecule has 1 N–H and O–H groups in total. The van der Waals surface area contributed by atoms with E-state index in [9.17, 15) is 14.0 Å². The van der Waals surface area contributed by atoms with Crippen LogP contribution in [-0.4, -0.2) is 25.5 Å². The van der Waals surface area contributed by atoms with Crippen LogP contribution in [0.3, 0.4) is 0 Å². The van der Waals surface area contributed by atoms with Crippen molar-refractivity contribution in [1.29, 1.82) is 0 Å². The number of aromatic nitrogens is 4. The van der Waals surface area contributed by atoms with E-state index in [1.54, 1.807) is 43.8 Å². The number of nitrogens with zero attached hydrogens (tertiary/aromatic N) is 4. The molecule has 158 valence electrons. The van der Waals surface area contributed by atoms with Gasteiger partial charge < -0.3 is 5.32 Å². The number of hydrogen-bond donors (Lipinski definition) is 1. The first-order valence-electron chi connectivity index (χ1n) is 9.91. The summed E-state index contributed by atoms with van der Waals surface area (Å²) in [6.45, 7) is 4.97. The van der Waals surface area contributed by atoms with Gasteiger partial charge in [-0.15, -0.1) is 0 Å². The van der Waals surface area contributed by atoms with E-state index in [0.29, 0.717) is 22.2 Å². The number of para-hydroxylation sites is 1. The lowest BCUT2D eigenvalue weighted by Gasteiger charge is -2.16. The molecular formula is C23H22FN5O2. The number of carbonyl (C=O) groups excluding carboxylic acids is 1. The van der Waals surface area contributed by atoms with Gasteiger partial charge in [-0.2, -0.15) is 10.2 Å². The number of benzene rings is 2. The summed E-state index contributed by atoms with van der Waals surface area (Å²) >= 11 is 0. The third-order valence-electron chi connectivity index (χ3n) is 5.16. The quantitative estimate of drug-likeness (QED) is 0.539. The molecule has 0 aliphatic rings. The minimum Gasteiger partial charge on any atom is -0.348 e. The molecule has 0 fully saturated rings. The minimum atomic E-state index is -0.552. The fraction of sp³-hybridized carbons (Fsp3) is 0.217. The summed E-state index contributed by atoms with van der Waals surface area (Å²) in [4.78, 5) is 25.7. The maximum Gasteiger partial charge on any atom is 0.293 e. The Bertz CT molecular complexity index is 1330. The summed E-state index contributed by atoms with van der Waals surface area (Å²) in [7, 11) is 0. The van der Waals surface area contributed by atoms with Crippen LogP contribution in [0.4, 0.5) is 4.39 Å². The van der Waals surface area contributed by atoms with Crippen LogP contribution < -0.4 is 10.9 Å². The van der Waals surface area contributed by atoms with Crippen LogP contribution in [0.15, 0.2) is 59.5 Å². The fourth-order valence-electron chi connectivity index (χ4n) is 3.58. The number of nitrogens with one attached hydrogen (secondary N) is 1. The zero-order valence-corrected chi connectivity index (χ0v) is 17.5. The van der Waals surface area contributed by atoms with Gasteiger partial charge in [-0.1, -0.05) is 30.3 Å². The number of fused-ring (bicyclic) bond motifs is 1. The van der Waals surface area contributed by atoms with Crippen molar-refractivity contribution in [3.05, 3.63) is 87.7 Å². The summed E-state index contributed by atoms with van der Waals surface area (Å²) in [6.07, 6.45) is 1.60. The van der Waals surface area contributed by atoms with E-state index < -0.39 is 17.5 Å². The molecule has 7 nitrogen and oxygen atoms in total. The van der Waals surface area contributed by atoms with Crippen molar-refractivity contribution in [1.82, 2.24) is 24.9 Å². The highest BCUT2D eigenvalue weighted by Gasteiger charge is 2.18. The number of aryl methyl sites for hydroxylation is 2. The molecule has 0 saturated heterocycles. The molecule has 31 heavy (non-hydrogen) atoms. The highest BCUT2D eigenvalue weighted by Crippen LogP contribution is 2.19. The topological polar surface area (TPSA) is 81.8 Å².